The van der Waals surface area contributed by atoms with Gasteiger partial charge in [0.2, 0.25) is 0 Å². The molecule has 0 N–H and O–H groups in total. The molecule has 0 unspecified atom stereocenters. The van der Waals surface area contributed by atoms with Crippen LogP contribution in [0, 0.1) is 10.7 Å². The van der Waals surface area contributed by atoms with Gasteiger partial charge in [0.15, 0.2) is 19.5 Å². The molecule has 3 aromatic heterocycles. The molecule has 1 aromatic carbocycles. The number of ether oxygens (including phenoxy) is 2. The lowest BCUT2D eigenvalue weighted by Gasteiger charge is -2.16. The van der Waals surface area contributed by atoms with Gasteiger partial charge in [0.05, 0.1) is 27.4 Å². The van der Waals surface area contributed by atoms with E-state index in [4.69, 9.17) is 9.47 Å². The Balaban J connectivity index is 1.56. The van der Waals surface area contributed by atoms with Gasteiger partial charge in [-0.3, -0.25) is 9.97 Å². The number of methoxy groups -OCH3 is 1. The average Bonchev–Trinajstić information content (AvgIpc) is 3.25. The fourth-order valence-corrected chi connectivity index (χ4v) is 4.21. The zero-order valence-electron chi connectivity index (χ0n) is 17.6. The third-order valence-corrected chi connectivity index (χ3v) is 5.98. The Bertz CT molecular complexity index is 1240. The van der Waals surface area contributed by atoms with E-state index >= 15 is 0 Å². The maximum absolute atomic E-state index is 14.2. The maximum Gasteiger partial charge on any atom is 0.185 e. The van der Waals surface area contributed by atoms with Crippen LogP contribution in [-0.2, 0) is 11.3 Å². The summed E-state index contributed by atoms with van der Waals surface area (Å²) < 4.78 is 25.9. The van der Waals surface area contributed by atoms with E-state index in [1.165, 1.54) is 23.5 Å². The maximum atomic E-state index is 14.2. The molecule has 0 saturated heterocycles. The minimum atomic E-state index is -0.656. The van der Waals surface area contributed by atoms with E-state index in [0.29, 0.717) is 12.4 Å². The first-order chi connectivity index (χ1) is 15.6. The lowest BCUT2D eigenvalue weighted by atomic mass is 10.2. The van der Waals surface area contributed by atoms with E-state index in [0.717, 1.165) is 45.5 Å². The number of pyridine rings is 2. The molecule has 7 nitrogen and oxygen atoms in total. The molecule has 0 radical (unpaired) electrons. The third kappa shape index (κ3) is 4.99. The molecule has 0 fully saturated rings. The Morgan fingerprint density at radius 1 is 1.16 bits per heavy atom. The lowest BCUT2D eigenvalue weighted by molar-refractivity contribution is 0.179. The number of rotatable bonds is 9. The van der Waals surface area contributed by atoms with Crippen LogP contribution >= 0.6 is 11.3 Å². The number of fused-ring (bicyclic) bond motifs is 1. The minimum Gasteiger partial charge on any atom is -0.453 e. The zero-order valence-corrected chi connectivity index (χ0v) is 18.4. The predicted molar refractivity (Wildman–Crippen MR) is 126 cm³/mol. The summed E-state index contributed by atoms with van der Waals surface area (Å²) >= 11 is 1.47. The van der Waals surface area contributed by atoms with Crippen LogP contribution < -0.4 is 4.74 Å². The van der Waals surface area contributed by atoms with Crippen LogP contribution in [-0.4, -0.2) is 43.0 Å². The first kappa shape index (κ1) is 22.0. The first-order valence-corrected chi connectivity index (χ1v) is 10.7. The van der Waals surface area contributed by atoms with Gasteiger partial charge in [-0.15, -0.1) is 16.2 Å². The molecule has 3 heterocycles. The second-order valence-electron chi connectivity index (χ2n) is 7.22. The van der Waals surface area contributed by atoms with Gasteiger partial charge in [-0.25, -0.2) is 4.39 Å². The number of hydrogen-bond donors (Lipinski definition) is 0. The van der Waals surface area contributed by atoms with E-state index in [1.54, 1.807) is 19.4 Å². The molecule has 0 atom stereocenters. The van der Waals surface area contributed by atoms with Gasteiger partial charge in [-0.05, 0) is 35.0 Å². The smallest absolute Gasteiger partial charge is 0.185 e. The quantitative estimate of drug-likeness (QED) is 0.272. The summed E-state index contributed by atoms with van der Waals surface area (Å²) in [5.41, 5.74) is 2.68. The van der Waals surface area contributed by atoms with Crippen LogP contribution in [0.25, 0.3) is 20.8 Å². The predicted octanol–water partition coefficient (Wildman–Crippen LogP) is 4.68. The Labute approximate surface area is 189 Å². The first-order valence-electron chi connectivity index (χ1n) is 9.89. The van der Waals surface area contributed by atoms with Gasteiger partial charge in [0, 0.05) is 44.7 Å². The van der Waals surface area contributed by atoms with Gasteiger partial charge in [-0.2, -0.15) is 0 Å². The Morgan fingerprint density at radius 3 is 2.75 bits per heavy atom. The summed E-state index contributed by atoms with van der Waals surface area (Å²) in [5.74, 6) is -0.162. The van der Waals surface area contributed by atoms with Crippen LogP contribution in [0.5, 0.6) is 11.5 Å². The molecule has 0 aliphatic heterocycles. The van der Waals surface area contributed by atoms with Crippen molar-refractivity contribution in [3.8, 4) is 22.1 Å². The van der Waals surface area contributed by atoms with Gasteiger partial charge in [-0.1, -0.05) is 6.07 Å². The fourth-order valence-electron chi connectivity index (χ4n) is 3.17. The molecule has 10 heteroatoms. The van der Waals surface area contributed by atoms with E-state index in [9.17, 15) is 9.30 Å². The van der Waals surface area contributed by atoms with Crippen molar-refractivity contribution < 1.29 is 13.9 Å². The summed E-state index contributed by atoms with van der Waals surface area (Å²) in [6, 6.07) is 11.5. The Kier molecular flexibility index (Phi) is 6.84. The second-order valence-corrected chi connectivity index (χ2v) is 8.28. The molecular weight excluding hydrogens is 430 g/mol. The van der Waals surface area contributed by atoms with E-state index in [1.807, 2.05) is 26.3 Å². The minimum absolute atomic E-state index is 0.00699. The van der Waals surface area contributed by atoms with Gasteiger partial charge in [0.25, 0.3) is 0 Å². The molecule has 0 amide bonds. The topological polar surface area (TPSA) is 76.9 Å². The molecule has 4 aromatic rings. The number of nitrogens with zero attached hydrogens (tertiary/aromatic N) is 4. The van der Waals surface area contributed by atoms with Crippen molar-refractivity contribution >= 4 is 35.2 Å². The summed E-state index contributed by atoms with van der Waals surface area (Å²) in [5, 5.41) is 2.73. The van der Waals surface area contributed by atoms with Crippen molar-refractivity contribution in [3.05, 3.63) is 71.1 Å². The van der Waals surface area contributed by atoms with Crippen molar-refractivity contribution in [2.45, 2.75) is 6.54 Å². The number of thiophene rings is 1. The molecule has 32 heavy (non-hydrogen) atoms. The van der Waals surface area contributed by atoms with Crippen molar-refractivity contribution in [1.82, 2.24) is 14.8 Å². The van der Waals surface area contributed by atoms with E-state index < -0.39 is 5.82 Å². The van der Waals surface area contributed by atoms with Gasteiger partial charge < -0.3 is 14.3 Å². The molecule has 0 saturated carbocycles. The molecule has 4 rings (SSSR count). The van der Waals surface area contributed by atoms with Crippen LogP contribution in [0.15, 0.2) is 60.0 Å². The highest BCUT2D eigenvalue weighted by molar-refractivity contribution is 7.22. The fraction of sp³-hybridized carbons (Fsp3) is 0.182. The van der Waals surface area contributed by atoms with Crippen LogP contribution in [0.1, 0.15) is 5.56 Å². The van der Waals surface area contributed by atoms with Crippen LogP contribution in [0.3, 0.4) is 0 Å². The third-order valence-electron chi connectivity index (χ3n) is 4.82. The normalized spacial score (nSPS) is 11.2. The van der Waals surface area contributed by atoms with Crippen molar-refractivity contribution in [2.24, 2.45) is 5.18 Å². The second kappa shape index (κ2) is 9.95. The number of halogens is 1. The molecule has 0 aliphatic rings. The molecular formula is C22H20BFN4O3S. The lowest BCUT2D eigenvalue weighted by Crippen LogP contribution is -2.23. The van der Waals surface area contributed by atoms with Crippen molar-refractivity contribution in [3.63, 3.8) is 0 Å². The highest BCUT2D eigenvalue weighted by Gasteiger charge is 2.14. The number of benzene rings is 1. The zero-order chi connectivity index (χ0) is 22.5. The van der Waals surface area contributed by atoms with Crippen LogP contribution in [0.2, 0.25) is 0 Å². The van der Waals surface area contributed by atoms with Crippen molar-refractivity contribution in [1.29, 1.82) is 0 Å². The summed E-state index contributed by atoms with van der Waals surface area (Å²) in [6.07, 6.45) is 3.48. The molecule has 162 valence electrons. The standard InChI is InChI=1S/C22H20BFN4O3S/c1-30-9-8-28(23)13-14-2-4-17(26-12-14)21-11-18-22(32-21)20(6-7-25-18)31-19-5-3-15(27-29)10-16(19)24/h2-7,10-12H,8-9,13,23H2,1H3. The number of hydrogen-bond acceptors (Lipinski definition) is 8. The summed E-state index contributed by atoms with van der Waals surface area (Å²) in [7, 11) is 3.73. The number of nitroso groups, excluding NO2 is 1. The highest BCUT2D eigenvalue weighted by atomic mass is 32.1. The van der Waals surface area contributed by atoms with Crippen molar-refractivity contribution in [2.75, 3.05) is 20.3 Å². The SMILES string of the molecule is BN(CCOC)Cc1ccc(-c2cc3nccc(Oc4ccc(N=O)cc4F)c3s2)nc1. The Morgan fingerprint density at radius 2 is 2.03 bits per heavy atom. The molecule has 0 spiro atoms. The number of aromatic nitrogens is 2. The van der Waals surface area contributed by atoms with Gasteiger partial charge in [0.1, 0.15) is 11.4 Å². The monoisotopic (exact) mass is 450 g/mol. The Hall–Kier alpha value is -3.21. The summed E-state index contributed by atoms with van der Waals surface area (Å²) in [4.78, 5) is 22.7. The van der Waals surface area contributed by atoms with E-state index in [2.05, 4.69) is 26.0 Å². The van der Waals surface area contributed by atoms with Gasteiger partial charge >= 0.3 is 0 Å². The largest absolute Gasteiger partial charge is 0.453 e. The average molecular weight is 450 g/mol. The highest BCUT2D eigenvalue weighted by Crippen LogP contribution is 2.39. The van der Waals surface area contributed by atoms with Crippen LogP contribution in [0.4, 0.5) is 10.1 Å². The molecule has 0 aliphatic carbocycles. The summed E-state index contributed by atoms with van der Waals surface area (Å²) in [6.45, 7) is 2.31. The van der Waals surface area contributed by atoms with E-state index in [-0.39, 0.29) is 11.4 Å². The molecule has 0 bridgehead atoms.